The monoisotopic (exact) mass is 241 g/mol. The topological polar surface area (TPSA) is 47.0 Å². The van der Waals surface area contributed by atoms with Gasteiger partial charge >= 0.3 is 0 Å². The van der Waals surface area contributed by atoms with E-state index in [0.29, 0.717) is 5.88 Å². The van der Waals surface area contributed by atoms with Crippen LogP contribution in [0.25, 0.3) is 0 Å². The molecule has 0 aromatic carbocycles. The van der Waals surface area contributed by atoms with E-state index in [9.17, 15) is 0 Å². The largest absolute Gasteiger partial charge is 0.480 e. The van der Waals surface area contributed by atoms with E-state index >= 15 is 0 Å². The first kappa shape index (κ1) is 13.3. The molecule has 0 saturated carbocycles. The van der Waals surface area contributed by atoms with Gasteiger partial charge in [-0.05, 0) is 25.0 Å². The third kappa shape index (κ3) is 3.64. The predicted molar refractivity (Wildman–Crippen MR) is 68.0 cm³/mol. The molecule has 4 nitrogen and oxygen atoms in total. The summed E-state index contributed by atoms with van der Waals surface area (Å²) in [6.45, 7) is 3.01. The van der Waals surface area contributed by atoms with Crippen LogP contribution in [0.1, 0.15) is 25.1 Å². The van der Waals surface area contributed by atoms with E-state index in [4.69, 9.17) is 4.74 Å². The summed E-state index contributed by atoms with van der Waals surface area (Å²) in [4.78, 5) is 8.54. The van der Waals surface area contributed by atoms with Crippen molar-refractivity contribution in [2.24, 2.45) is 0 Å². The number of thioether (sulfide) groups is 1. The van der Waals surface area contributed by atoms with Gasteiger partial charge in [-0.1, -0.05) is 6.92 Å². The molecular weight excluding hydrogens is 222 g/mol. The Morgan fingerprint density at radius 1 is 1.44 bits per heavy atom. The van der Waals surface area contributed by atoms with Crippen LogP contribution in [0.15, 0.2) is 12.4 Å². The third-order valence-electron chi connectivity index (χ3n) is 2.28. The van der Waals surface area contributed by atoms with E-state index in [1.165, 1.54) is 0 Å². The van der Waals surface area contributed by atoms with Gasteiger partial charge in [0.1, 0.15) is 5.69 Å². The summed E-state index contributed by atoms with van der Waals surface area (Å²) in [7, 11) is 1.63. The maximum absolute atomic E-state index is 5.23. The zero-order chi connectivity index (χ0) is 11.8. The molecule has 90 valence electrons. The lowest BCUT2D eigenvalue weighted by atomic mass is 10.1. The van der Waals surface area contributed by atoms with Gasteiger partial charge in [-0.25, -0.2) is 4.98 Å². The molecule has 1 atom stereocenters. The molecule has 1 heterocycles. The maximum Gasteiger partial charge on any atom is 0.236 e. The summed E-state index contributed by atoms with van der Waals surface area (Å²) in [6, 6.07) is 0.223. The maximum atomic E-state index is 5.23. The summed E-state index contributed by atoms with van der Waals surface area (Å²) in [5.74, 6) is 1.71. The minimum atomic E-state index is 0.223. The van der Waals surface area contributed by atoms with Gasteiger partial charge in [-0.15, -0.1) is 0 Å². The van der Waals surface area contributed by atoms with E-state index in [-0.39, 0.29) is 6.04 Å². The first-order chi connectivity index (χ1) is 7.83. The molecule has 0 saturated heterocycles. The second kappa shape index (κ2) is 7.46. The Morgan fingerprint density at radius 3 is 2.81 bits per heavy atom. The minimum absolute atomic E-state index is 0.223. The lowest BCUT2D eigenvalue weighted by molar-refractivity contribution is 0.376. The van der Waals surface area contributed by atoms with E-state index in [1.807, 2.05) is 11.8 Å². The van der Waals surface area contributed by atoms with Crippen molar-refractivity contribution in [3.05, 3.63) is 18.1 Å². The van der Waals surface area contributed by atoms with Crippen LogP contribution in [-0.2, 0) is 0 Å². The summed E-state index contributed by atoms with van der Waals surface area (Å²) < 4.78 is 5.23. The third-order valence-corrected chi connectivity index (χ3v) is 2.92. The van der Waals surface area contributed by atoms with E-state index in [2.05, 4.69) is 28.5 Å². The smallest absolute Gasteiger partial charge is 0.236 e. The van der Waals surface area contributed by atoms with Crippen molar-refractivity contribution >= 4 is 11.8 Å². The number of rotatable bonds is 7. The second-order valence-electron chi connectivity index (χ2n) is 3.34. The van der Waals surface area contributed by atoms with E-state index < -0.39 is 0 Å². The van der Waals surface area contributed by atoms with Crippen molar-refractivity contribution in [1.29, 1.82) is 0 Å². The number of hydrogen-bond acceptors (Lipinski definition) is 5. The fraction of sp³-hybridized carbons (Fsp3) is 0.636. The molecule has 0 spiro atoms. The van der Waals surface area contributed by atoms with Crippen molar-refractivity contribution < 1.29 is 4.74 Å². The lowest BCUT2D eigenvalue weighted by Gasteiger charge is -2.18. The zero-order valence-corrected chi connectivity index (χ0v) is 10.9. The molecule has 16 heavy (non-hydrogen) atoms. The van der Waals surface area contributed by atoms with Gasteiger partial charge in [0.05, 0.1) is 13.2 Å². The standard InChI is InChI=1S/C11H19N3OS/c1-4-12-9(5-8-16-3)10-11(15-2)14-7-6-13-10/h6-7,9,12H,4-5,8H2,1-3H3. The summed E-state index contributed by atoms with van der Waals surface area (Å²) in [6.07, 6.45) is 6.50. The number of nitrogens with zero attached hydrogens (tertiary/aromatic N) is 2. The normalized spacial score (nSPS) is 12.4. The summed E-state index contributed by atoms with van der Waals surface area (Å²) >= 11 is 1.83. The summed E-state index contributed by atoms with van der Waals surface area (Å²) in [5, 5.41) is 3.41. The van der Waals surface area contributed by atoms with Gasteiger partial charge in [0, 0.05) is 12.4 Å². The molecule has 0 radical (unpaired) electrons. The number of aromatic nitrogens is 2. The molecule has 1 aromatic heterocycles. The highest BCUT2D eigenvalue weighted by Gasteiger charge is 2.16. The van der Waals surface area contributed by atoms with Crippen molar-refractivity contribution in [2.45, 2.75) is 19.4 Å². The highest BCUT2D eigenvalue weighted by atomic mass is 32.2. The van der Waals surface area contributed by atoms with Crippen LogP contribution in [0.4, 0.5) is 0 Å². The molecule has 5 heteroatoms. The quantitative estimate of drug-likeness (QED) is 0.790. The van der Waals surface area contributed by atoms with Crippen molar-refractivity contribution in [3.63, 3.8) is 0 Å². The van der Waals surface area contributed by atoms with Gasteiger partial charge in [-0.3, -0.25) is 4.98 Å². The summed E-state index contributed by atoms with van der Waals surface area (Å²) in [5.41, 5.74) is 0.904. The fourth-order valence-electron chi connectivity index (χ4n) is 1.55. The molecule has 0 aliphatic carbocycles. The van der Waals surface area contributed by atoms with Crippen LogP contribution in [0.2, 0.25) is 0 Å². The molecule has 0 aliphatic rings. The minimum Gasteiger partial charge on any atom is -0.480 e. The highest BCUT2D eigenvalue weighted by Crippen LogP contribution is 2.23. The molecule has 0 bridgehead atoms. The Kier molecular flexibility index (Phi) is 6.18. The highest BCUT2D eigenvalue weighted by molar-refractivity contribution is 7.98. The molecule has 0 aliphatic heterocycles. The number of ether oxygens (including phenoxy) is 1. The van der Waals surface area contributed by atoms with Gasteiger partial charge in [-0.2, -0.15) is 11.8 Å². The van der Waals surface area contributed by atoms with Crippen molar-refractivity contribution in [1.82, 2.24) is 15.3 Å². The average Bonchev–Trinajstić information content (AvgIpc) is 2.34. The molecular formula is C11H19N3OS. The van der Waals surface area contributed by atoms with E-state index in [0.717, 1.165) is 24.4 Å². The Labute approximate surface area is 101 Å². The number of nitrogens with one attached hydrogen (secondary N) is 1. The van der Waals surface area contributed by atoms with Crippen molar-refractivity contribution in [2.75, 3.05) is 25.7 Å². The number of hydrogen-bond donors (Lipinski definition) is 1. The van der Waals surface area contributed by atoms with Gasteiger partial charge in [0.15, 0.2) is 0 Å². The molecule has 1 unspecified atom stereocenters. The molecule has 1 rings (SSSR count). The van der Waals surface area contributed by atoms with Gasteiger partial charge in [0.25, 0.3) is 0 Å². The Hall–Kier alpha value is -0.810. The van der Waals surface area contributed by atoms with Gasteiger partial charge in [0.2, 0.25) is 5.88 Å². The van der Waals surface area contributed by atoms with Gasteiger partial charge < -0.3 is 10.1 Å². The Morgan fingerprint density at radius 2 is 2.19 bits per heavy atom. The zero-order valence-electron chi connectivity index (χ0n) is 10.1. The predicted octanol–water partition coefficient (Wildman–Crippen LogP) is 1.89. The lowest BCUT2D eigenvalue weighted by Crippen LogP contribution is -2.23. The molecule has 1 N–H and O–H groups in total. The second-order valence-corrected chi connectivity index (χ2v) is 4.33. The van der Waals surface area contributed by atoms with Crippen LogP contribution in [0.3, 0.4) is 0 Å². The van der Waals surface area contributed by atoms with Crippen LogP contribution < -0.4 is 10.1 Å². The first-order valence-corrected chi connectivity index (χ1v) is 6.80. The van der Waals surface area contributed by atoms with E-state index in [1.54, 1.807) is 19.5 Å². The average molecular weight is 241 g/mol. The molecule has 1 aromatic rings. The van der Waals surface area contributed by atoms with Crippen LogP contribution in [0.5, 0.6) is 5.88 Å². The Balaban J connectivity index is 2.81. The number of methoxy groups -OCH3 is 1. The van der Waals surface area contributed by atoms with Crippen LogP contribution >= 0.6 is 11.8 Å². The Bertz CT molecular complexity index is 309. The SMILES string of the molecule is CCNC(CCSC)c1nccnc1OC. The first-order valence-electron chi connectivity index (χ1n) is 5.40. The van der Waals surface area contributed by atoms with Crippen LogP contribution in [-0.4, -0.2) is 35.6 Å². The van der Waals surface area contributed by atoms with Crippen LogP contribution in [0, 0.1) is 0 Å². The van der Waals surface area contributed by atoms with Crippen molar-refractivity contribution in [3.8, 4) is 5.88 Å². The fourth-order valence-corrected chi connectivity index (χ4v) is 2.02. The molecule has 0 amide bonds. The molecule has 0 fully saturated rings.